The smallest absolute Gasteiger partial charge is 0.0695 e. The Hall–Kier alpha value is -2.18. The van der Waals surface area contributed by atoms with E-state index < -0.39 is 0 Å². The highest BCUT2D eigenvalue weighted by molar-refractivity contribution is 6.31. The number of nitrogens with zero attached hydrogens (tertiary/aromatic N) is 2. The van der Waals surface area contributed by atoms with Crippen LogP contribution in [0.25, 0.3) is 11.3 Å². The summed E-state index contributed by atoms with van der Waals surface area (Å²) in [5, 5.41) is 11.8. The van der Waals surface area contributed by atoms with Crippen LogP contribution in [0.3, 0.4) is 0 Å². The lowest BCUT2D eigenvalue weighted by Gasteiger charge is -2.35. The van der Waals surface area contributed by atoms with Gasteiger partial charge in [0.05, 0.1) is 25.1 Å². The molecule has 0 aliphatic carbocycles. The lowest BCUT2D eigenvalue weighted by atomic mass is 10.0. The predicted molar refractivity (Wildman–Crippen MR) is 112 cm³/mol. The van der Waals surface area contributed by atoms with Gasteiger partial charge >= 0.3 is 0 Å². The van der Waals surface area contributed by atoms with E-state index in [4.69, 9.17) is 16.3 Å². The third-order valence-electron chi connectivity index (χ3n) is 5.18. The molecule has 0 amide bonds. The van der Waals surface area contributed by atoms with E-state index in [1.165, 1.54) is 0 Å². The zero-order valence-corrected chi connectivity index (χ0v) is 16.5. The van der Waals surface area contributed by atoms with E-state index in [-0.39, 0.29) is 6.04 Å². The maximum Gasteiger partial charge on any atom is 0.0695 e. The van der Waals surface area contributed by atoms with Gasteiger partial charge in [0.15, 0.2) is 0 Å². The molecule has 1 saturated heterocycles. The number of H-pyrrole nitrogens is 1. The Bertz CT molecular complexity index is 877. The molecule has 0 bridgehead atoms. The third kappa shape index (κ3) is 4.45. The minimum absolute atomic E-state index is 0.213. The van der Waals surface area contributed by atoms with Gasteiger partial charge in [0.1, 0.15) is 0 Å². The lowest BCUT2D eigenvalue weighted by Crippen LogP contribution is -2.42. The highest BCUT2D eigenvalue weighted by Crippen LogP contribution is 2.28. The Morgan fingerprint density at radius 2 is 1.82 bits per heavy atom. The van der Waals surface area contributed by atoms with E-state index in [2.05, 4.69) is 44.7 Å². The summed E-state index contributed by atoms with van der Waals surface area (Å²) in [4.78, 5) is 2.45. The average Bonchev–Trinajstić information content (AvgIpc) is 3.22. The monoisotopic (exact) mass is 396 g/mol. The second-order valence-corrected chi connectivity index (χ2v) is 7.36. The summed E-state index contributed by atoms with van der Waals surface area (Å²) >= 11 is 6.52. The first-order chi connectivity index (χ1) is 13.8. The van der Waals surface area contributed by atoms with Gasteiger partial charge in [0.25, 0.3) is 0 Å². The van der Waals surface area contributed by atoms with Crippen molar-refractivity contribution in [3.8, 4) is 11.3 Å². The van der Waals surface area contributed by atoms with Crippen LogP contribution in [-0.4, -0.2) is 47.9 Å². The van der Waals surface area contributed by atoms with Gasteiger partial charge in [-0.1, -0.05) is 60.1 Å². The van der Waals surface area contributed by atoms with Crippen molar-refractivity contribution in [2.24, 2.45) is 0 Å². The molecule has 1 unspecified atom stereocenters. The van der Waals surface area contributed by atoms with E-state index in [1.54, 1.807) is 0 Å². The summed E-state index contributed by atoms with van der Waals surface area (Å²) < 4.78 is 5.54. The molecule has 3 aromatic rings. The van der Waals surface area contributed by atoms with Gasteiger partial charge < -0.3 is 10.1 Å². The average molecular weight is 397 g/mol. The number of aromatic amines is 1. The standard InChI is InChI=1S/C22H25ClN4O/c23-20-9-5-4-8-19(20)21(27-10-12-28-13-11-27)16-24-14-18-15-25-26-22(18)17-6-2-1-3-7-17/h1-9,15,21,24H,10-14,16H2,(H,25,26). The van der Waals surface area contributed by atoms with Crippen LogP contribution in [0.4, 0.5) is 0 Å². The van der Waals surface area contributed by atoms with E-state index in [0.717, 1.165) is 66.8 Å². The Morgan fingerprint density at radius 3 is 2.61 bits per heavy atom. The Kier molecular flexibility index (Phi) is 6.39. The Morgan fingerprint density at radius 1 is 1.07 bits per heavy atom. The fraction of sp³-hybridized carbons (Fsp3) is 0.318. The van der Waals surface area contributed by atoms with Crippen LogP contribution in [0.1, 0.15) is 17.2 Å². The largest absolute Gasteiger partial charge is 0.379 e. The first kappa shape index (κ1) is 19.2. The van der Waals surface area contributed by atoms with Crippen molar-refractivity contribution in [1.29, 1.82) is 0 Å². The van der Waals surface area contributed by atoms with Crippen LogP contribution in [0.2, 0.25) is 5.02 Å². The molecule has 28 heavy (non-hydrogen) atoms. The predicted octanol–water partition coefficient (Wildman–Crippen LogP) is 3.89. The van der Waals surface area contributed by atoms with Crippen LogP contribution in [0, 0.1) is 0 Å². The number of rotatable bonds is 7. The first-order valence-corrected chi connectivity index (χ1v) is 10.1. The molecule has 6 heteroatoms. The number of benzene rings is 2. The molecular weight excluding hydrogens is 372 g/mol. The second-order valence-electron chi connectivity index (χ2n) is 6.95. The van der Waals surface area contributed by atoms with Gasteiger partial charge in [-0.2, -0.15) is 5.10 Å². The summed E-state index contributed by atoms with van der Waals surface area (Å²) in [6.07, 6.45) is 1.90. The van der Waals surface area contributed by atoms with E-state index >= 15 is 0 Å². The van der Waals surface area contributed by atoms with Crippen LogP contribution < -0.4 is 5.32 Å². The molecule has 0 saturated carbocycles. The zero-order chi connectivity index (χ0) is 19.2. The molecular formula is C22H25ClN4O. The molecule has 1 aliphatic rings. The molecule has 2 N–H and O–H groups in total. The number of hydrogen-bond donors (Lipinski definition) is 2. The summed E-state index contributed by atoms with van der Waals surface area (Å²) in [6.45, 7) is 4.91. The van der Waals surface area contributed by atoms with E-state index in [0.29, 0.717) is 0 Å². The summed E-state index contributed by atoms with van der Waals surface area (Å²) in [6, 6.07) is 18.6. The zero-order valence-electron chi connectivity index (χ0n) is 15.8. The molecule has 0 radical (unpaired) electrons. The number of ether oxygens (including phenoxy) is 1. The quantitative estimate of drug-likeness (QED) is 0.636. The maximum absolute atomic E-state index is 6.52. The van der Waals surface area contributed by atoms with Crippen molar-refractivity contribution in [1.82, 2.24) is 20.4 Å². The third-order valence-corrected chi connectivity index (χ3v) is 5.53. The molecule has 1 aromatic heterocycles. The van der Waals surface area contributed by atoms with Gasteiger partial charge in [-0.15, -0.1) is 0 Å². The number of halogens is 1. The van der Waals surface area contributed by atoms with Crippen LogP contribution in [-0.2, 0) is 11.3 Å². The highest BCUT2D eigenvalue weighted by atomic mass is 35.5. The molecule has 4 rings (SSSR count). The van der Waals surface area contributed by atoms with Crippen LogP contribution in [0.15, 0.2) is 60.8 Å². The SMILES string of the molecule is Clc1ccccc1C(CNCc1cn[nH]c1-c1ccccc1)N1CCOCC1. The first-order valence-electron chi connectivity index (χ1n) is 9.67. The Balaban J connectivity index is 1.47. The van der Waals surface area contributed by atoms with Crippen molar-refractivity contribution in [2.45, 2.75) is 12.6 Å². The number of aromatic nitrogens is 2. The van der Waals surface area contributed by atoms with Crippen molar-refractivity contribution in [3.05, 3.63) is 76.9 Å². The van der Waals surface area contributed by atoms with Gasteiger partial charge in [-0.3, -0.25) is 10.00 Å². The molecule has 2 aromatic carbocycles. The van der Waals surface area contributed by atoms with Gasteiger partial charge in [-0.05, 0) is 17.2 Å². The highest BCUT2D eigenvalue weighted by Gasteiger charge is 2.24. The summed E-state index contributed by atoms with van der Waals surface area (Å²) in [7, 11) is 0. The molecule has 0 spiro atoms. The Labute approximate surface area is 170 Å². The lowest BCUT2D eigenvalue weighted by molar-refractivity contribution is 0.0161. The van der Waals surface area contributed by atoms with Gasteiger partial charge in [-0.25, -0.2) is 0 Å². The van der Waals surface area contributed by atoms with Crippen molar-refractivity contribution < 1.29 is 4.74 Å². The van der Waals surface area contributed by atoms with E-state index in [1.807, 2.05) is 36.5 Å². The topological polar surface area (TPSA) is 53.2 Å². The fourth-order valence-corrected chi connectivity index (χ4v) is 3.98. The molecule has 146 valence electrons. The summed E-state index contributed by atoms with van der Waals surface area (Å²) in [5.74, 6) is 0. The second kappa shape index (κ2) is 9.34. The van der Waals surface area contributed by atoms with Crippen molar-refractivity contribution >= 4 is 11.6 Å². The summed E-state index contributed by atoms with van der Waals surface area (Å²) in [5.41, 5.74) is 4.53. The molecule has 5 nitrogen and oxygen atoms in total. The number of nitrogens with one attached hydrogen (secondary N) is 2. The minimum Gasteiger partial charge on any atom is -0.379 e. The van der Waals surface area contributed by atoms with Crippen LogP contribution >= 0.6 is 11.6 Å². The van der Waals surface area contributed by atoms with Gasteiger partial charge in [0.2, 0.25) is 0 Å². The van der Waals surface area contributed by atoms with Gasteiger partial charge in [0, 0.05) is 42.8 Å². The fourth-order valence-electron chi connectivity index (χ4n) is 3.71. The normalized spacial score (nSPS) is 16.2. The minimum atomic E-state index is 0.213. The van der Waals surface area contributed by atoms with Crippen molar-refractivity contribution in [3.63, 3.8) is 0 Å². The molecule has 1 aliphatic heterocycles. The van der Waals surface area contributed by atoms with Crippen molar-refractivity contribution in [2.75, 3.05) is 32.8 Å². The molecule has 1 fully saturated rings. The van der Waals surface area contributed by atoms with Crippen LogP contribution in [0.5, 0.6) is 0 Å². The molecule has 2 heterocycles. The van der Waals surface area contributed by atoms with E-state index in [9.17, 15) is 0 Å². The molecule has 1 atom stereocenters. The number of morpholine rings is 1. The maximum atomic E-state index is 6.52. The number of hydrogen-bond acceptors (Lipinski definition) is 4.